The van der Waals surface area contributed by atoms with Gasteiger partial charge in [-0.05, 0) is 42.7 Å². The highest BCUT2D eigenvalue weighted by molar-refractivity contribution is 7.98. The molecule has 1 aromatic heterocycles. The third-order valence-corrected chi connectivity index (χ3v) is 5.23. The topological polar surface area (TPSA) is 139 Å². The van der Waals surface area contributed by atoms with E-state index in [9.17, 15) is 13.2 Å². The normalized spacial score (nSPS) is 16.0. The number of anilines is 2. The lowest BCUT2D eigenvalue weighted by molar-refractivity contribution is -0.137. The molecule has 33 heavy (non-hydrogen) atoms. The number of aliphatic imine (C=N–C) groups is 1. The smallest absolute Gasteiger partial charge is 0.416 e. The molecule has 13 heteroatoms. The van der Waals surface area contributed by atoms with Crippen LogP contribution in [0.15, 0.2) is 64.3 Å². The van der Waals surface area contributed by atoms with Crippen molar-refractivity contribution in [3.05, 3.63) is 60.0 Å². The average Bonchev–Trinajstić information content (AvgIpc) is 3.20. The van der Waals surface area contributed by atoms with Crippen LogP contribution in [0.3, 0.4) is 0 Å². The first kappa shape index (κ1) is 22.5. The summed E-state index contributed by atoms with van der Waals surface area (Å²) < 4.78 is 44.6. The maximum atomic E-state index is 12.9. The summed E-state index contributed by atoms with van der Waals surface area (Å²) in [6, 6.07) is 10.1. The second-order valence-corrected chi connectivity index (χ2v) is 7.68. The van der Waals surface area contributed by atoms with E-state index < -0.39 is 17.9 Å². The summed E-state index contributed by atoms with van der Waals surface area (Å²) in [6.07, 6.45) is -1.56. The third kappa shape index (κ3) is 5.38. The van der Waals surface area contributed by atoms with Gasteiger partial charge in [0.1, 0.15) is 11.9 Å². The highest BCUT2D eigenvalue weighted by atomic mass is 32.2. The van der Waals surface area contributed by atoms with Gasteiger partial charge in [-0.2, -0.15) is 18.2 Å². The first-order valence-electron chi connectivity index (χ1n) is 9.52. The molecule has 7 N–H and O–H groups in total. The van der Waals surface area contributed by atoms with Crippen LogP contribution in [-0.2, 0) is 6.18 Å². The minimum Gasteiger partial charge on any atom is -0.441 e. The van der Waals surface area contributed by atoms with Crippen LogP contribution in [-0.4, -0.2) is 33.6 Å². The molecule has 2 heterocycles. The summed E-state index contributed by atoms with van der Waals surface area (Å²) in [7, 11) is 0. The van der Waals surface area contributed by atoms with Crippen molar-refractivity contribution in [1.82, 2.24) is 20.5 Å². The maximum absolute atomic E-state index is 12.9. The number of benzene rings is 2. The largest absolute Gasteiger partial charge is 0.441 e. The Morgan fingerprint density at radius 1 is 1.18 bits per heavy atom. The van der Waals surface area contributed by atoms with Crippen LogP contribution in [0.25, 0.3) is 11.4 Å². The van der Waals surface area contributed by atoms with Crippen molar-refractivity contribution in [3.8, 4) is 17.1 Å². The van der Waals surface area contributed by atoms with Crippen molar-refractivity contribution in [2.75, 3.05) is 11.6 Å². The standard InChI is InChI=1S/C20H19F3N8OS/c1-33-14-8-12(32-16-9-15(24)27-18(25)28-16)5-6-13(14)17-29-19(31-30-17)26-11-4-2-3-10(7-11)20(21,22)23/h2-9,15H,24H2,1H3,(H3,25,27,28)(H2,26,29,30,31). The molecule has 0 saturated heterocycles. The zero-order valence-electron chi connectivity index (χ0n) is 17.1. The van der Waals surface area contributed by atoms with E-state index in [1.807, 2.05) is 6.26 Å². The molecular formula is C20H19F3N8OS. The molecule has 0 spiro atoms. The van der Waals surface area contributed by atoms with Crippen molar-refractivity contribution in [1.29, 1.82) is 0 Å². The molecule has 172 valence electrons. The lowest BCUT2D eigenvalue weighted by Crippen LogP contribution is -2.39. The summed E-state index contributed by atoms with van der Waals surface area (Å²) in [5.41, 5.74) is 11.6. The summed E-state index contributed by atoms with van der Waals surface area (Å²) in [6.45, 7) is 0. The van der Waals surface area contributed by atoms with Crippen LogP contribution in [0, 0.1) is 0 Å². The number of halogens is 3. The Kier molecular flexibility index (Phi) is 6.16. The number of alkyl halides is 3. The Balaban J connectivity index is 1.52. The number of aromatic nitrogens is 3. The van der Waals surface area contributed by atoms with E-state index in [1.54, 1.807) is 24.3 Å². The Hall–Kier alpha value is -3.71. The molecule has 0 bridgehead atoms. The highest BCUT2D eigenvalue weighted by Crippen LogP contribution is 2.34. The van der Waals surface area contributed by atoms with Crippen LogP contribution >= 0.6 is 11.8 Å². The number of nitrogens with zero attached hydrogens (tertiary/aromatic N) is 3. The van der Waals surface area contributed by atoms with Gasteiger partial charge < -0.3 is 21.5 Å². The van der Waals surface area contributed by atoms with Gasteiger partial charge in [-0.15, -0.1) is 16.9 Å². The van der Waals surface area contributed by atoms with Crippen LogP contribution in [0.2, 0.25) is 0 Å². The number of H-pyrrole nitrogens is 1. The van der Waals surface area contributed by atoms with Crippen molar-refractivity contribution >= 4 is 29.4 Å². The van der Waals surface area contributed by atoms with E-state index in [2.05, 4.69) is 30.8 Å². The number of rotatable bonds is 6. The fourth-order valence-corrected chi connectivity index (χ4v) is 3.63. The van der Waals surface area contributed by atoms with E-state index in [4.69, 9.17) is 16.2 Å². The van der Waals surface area contributed by atoms with E-state index in [0.717, 1.165) is 22.6 Å². The lowest BCUT2D eigenvalue weighted by Gasteiger charge is -2.18. The molecule has 1 atom stereocenters. The van der Waals surface area contributed by atoms with E-state index >= 15 is 0 Å². The monoisotopic (exact) mass is 476 g/mol. The molecule has 0 amide bonds. The molecule has 0 radical (unpaired) electrons. The maximum Gasteiger partial charge on any atom is 0.416 e. The number of thioether (sulfide) groups is 1. The Labute approximate surface area is 190 Å². The number of hydrogen-bond acceptors (Lipinski definition) is 9. The number of aromatic amines is 1. The van der Waals surface area contributed by atoms with Crippen molar-refractivity contribution in [2.24, 2.45) is 16.5 Å². The summed E-state index contributed by atoms with van der Waals surface area (Å²) in [5.74, 6) is 1.63. The second-order valence-electron chi connectivity index (χ2n) is 6.84. The summed E-state index contributed by atoms with van der Waals surface area (Å²) in [4.78, 5) is 9.12. The van der Waals surface area contributed by atoms with Crippen molar-refractivity contribution in [3.63, 3.8) is 0 Å². The Morgan fingerprint density at radius 2 is 2.00 bits per heavy atom. The molecule has 1 aliphatic heterocycles. The number of ether oxygens (including phenoxy) is 1. The fourth-order valence-electron chi connectivity index (χ4n) is 3.01. The highest BCUT2D eigenvalue weighted by Gasteiger charge is 2.30. The third-order valence-electron chi connectivity index (χ3n) is 4.45. The van der Waals surface area contributed by atoms with E-state index in [0.29, 0.717) is 17.5 Å². The first-order chi connectivity index (χ1) is 15.7. The molecule has 2 aromatic carbocycles. The molecule has 3 aromatic rings. The van der Waals surface area contributed by atoms with Gasteiger partial charge in [0.05, 0.1) is 5.56 Å². The predicted molar refractivity (Wildman–Crippen MR) is 120 cm³/mol. The molecule has 0 fully saturated rings. The van der Waals surface area contributed by atoms with Crippen LogP contribution in [0.5, 0.6) is 5.75 Å². The van der Waals surface area contributed by atoms with Gasteiger partial charge in [0.15, 0.2) is 17.7 Å². The van der Waals surface area contributed by atoms with Gasteiger partial charge in [-0.3, -0.25) is 10.4 Å². The number of hydrogen-bond donors (Lipinski definition) is 5. The summed E-state index contributed by atoms with van der Waals surface area (Å²) in [5, 5.41) is 12.4. The van der Waals surface area contributed by atoms with Crippen LogP contribution in [0.4, 0.5) is 24.8 Å². The fraction of sp³-hybridized carbons (Fsp3) is 0.150. The molecule has 1 unspecified atom stereocenters. The first-order valence-corrected chi connectivity index (χ1v) is 10.7. The molecule has 1 aliphatic rings. The minimum absolute atomic E-state index is 0.136. The number of guanidine groups is 1. The summed E-state index contributed by atoms with van der Waals surface area (Å²) >= 11 is 1.46. The lowest BCUT2D eigenvalue weighted by atomic mass is 10.2. The quantitative estimate of drug-likeness (QED) is 0.341. The van der Waals surface area contributed by atoms with Crippen molar-refractivity contribution < 1.29 is 17.9 Å². The number of nitrogens with two attached hydrogens (primary N) is 2. The molecule has 0 saturated carbocycles. The second kappa shape index (κ2) is 9.03. The SMILES string of the molecule is CSc1cc(OC2=CC(N)N=C(N)N2)ccc1-c1nc(Nc2cccc(C(F)(F)F)c2)n[nH]1. The molecule has 0 aliphatic carbocycles. The zero-order chi connectivity index (χ0) is 23.6. The van der Waals surface area contributed by atoms with Gasteiger partial charge in [0.2, 0.25) is 5.95 Å². The van der Waals surface area contributed by atoms with Gasteiger partial charge in [0, 0.05) is 22.2 Å². The molecular weight excluding hydrogens is 457 g/mol. The Bertz CT molecular complexity index is 1220. The number of nitrogens with one attached hydrogen (secondary N) is 3. The van der Waals surface area contributed by atoms with Gasteiger partial charge >= 0.3 is 6.18 Å². The van der Waals surface area contributed by atoms with Crippen molar-refractivity contribution in [2.45, 2.75) is 17.2 Å². The Morgan fingerprint density at radius 3 is 2.73 bits per heavy atom. The van der Waals surface area contributed by atoms with Gasteiger partial charge in [-0.1, -0.05) is 6.07 Å². The zero-order valence-corrected chi connectivity index (χ0v) is 18.0. The van der Waals surface area contributed by atoms with E-state index in [1.165, 1.54) is 23.9 Å². The molecule has 4 rings (SSSR count). The van der Waals surface area contributed by atoms with E-state index in [-0.39, 0.29) is 17.6 Å². The van der Waals surface area contributed by atoms with Crippen LogP contribution < -0.4 is 26.8 Å². The minimum atomic E-state index is -4.44. The van der Waals surface area contributed by atoms with Crippen LogP contribution in [0.1, 0.15) is 5.56 Å². The predicted octanol–water partition coefficient (Wildman–Crippen LogP) is 3.38. The van der Waals surface area contributed by atoms with Gasteiger partial charge in [0.25, 0.3) is 0 Å². The van der Waals surface area contributed by atoms with Gasteiger partial charge in [-0.25, -0.2) is 4.99 Å². The average molecular weight is 476 g/mol. The molecule has 9 nitrogen and oxygen atoms in total.